The lowest BCUT2D eigenvalue weighted by Crippen LogP contribution is -2.41. The molecule has 176 valence electrons. The van der Waals surface area contributed by atoms with Crippen molar-refractivity contribution in [3.63, 3.8) is 0 Å². The van der Waals surface area contributed by atoms with Crippen LogP contribution in [-0.4, -0.2) is 36.2 Å². The number of hydrogen-bond acceptors (Lipinski definition) is 5. The van der Waals surface area contributed by atoms with Crippen molar-refractivity contribution in [3.8, 4) is 0 Å². The van der Waals surface area contributed by atoms with Gasteiger partial charge in [-0.3, -0.25) is 10.1 Å². The Balaban J connectivity index is 1.35. The van der Waals surface area contributed by atoms with E-state index in [4.69, 9.17) is 0 Å². The predicted molar refractivity (Wildman–Crippen MR) is 138 cm³/mol. The molecule has 0 unspecified atom stereocenters. The molecule has 34 heavy (non-hydrogen) atoms. The number of aromatic nitrogens is 1. The first-order valence-electron chi connectivity index (χ1n) is 11.7. The number of sulfonamides is 1. The summed E-state index contributed by atoms with van der Waals surface area (Å²) >= 11 is 1.43. The predicted octanol–water partition coefficient (Wildman–Crippen LogP) is 6.05. The molecule has 0 spiro atoms. The summed E-state index contributed by atoms with van der Waals surface area (Å²) in [6.45, 7) is 2.33. The van der Waals surface area contributed by atoms with Gasteiger partial charge in [0.05, 0.1) is 15.1 Å². The van der Waals surface area contributed by atoms with E-state index in [2.05, 4.69) is 16.4 Å². The van der Waals surface area contributed by atoms with E-state index >= 15 is 0 Å². The summed E-state index contributed by atoms with van der Waals surface area (Å²) in [5.41, 5.74) is 1.23. The second-order valence-electron chi connectivity index (χ2n) is 8.63. The molecule has 4 aromatic rings. The number of anilines is 1. The number of benzene rings is 3. The molecule has 1 N–H and O–H groups in total. The Morgan fingerprint density at radius 3 is 2.50 bits per heavy atom. The van der Waals surface area contributed by atoms with Crippen molar-refractivity contribution in [2.24, 2.45) is 0 Å². The third-order valence-corrected chi connectivity index (χ3v) is 9.58. The number of nitrogens with zero attached hydrogens (tertiary/aromatic N) is 2. The van der Waals surface area contributed by atoms with E-state index in [-0.39, 0.29) is 16.8 Å². The average molecular weight is 494 g/mol. The van der Waals surface area contributed by atoms with Crippen molar-refractivity contribution in [3.05, 3.63) is 66.2 Å². The van der Waals surface area contributed by atoms with Gasteiger partial charge in [0.15, 0.2) is 5.13 Å². The smallest absolute Gasteiger partial charge is 0.257 e. The van der Waals surface area contributed by atoms with Gasteiger partial charge in [-0.05, 0) is 48.6 Å². The minimum atomic E-state index is -3.60. The van der Waals surface area contributed by atoms with Crippen LogP contribution in [0.5, 0.6) is 0 Å². The van der Waals surface area contributed by atoms with Crippen LogP contribution in [0.3, 0.4) is 0 Å². The SMILES string of the molecule is CCN(C1CCCCC1)S(=O)(=O)c1ccc(C(=O)Nc2nc3ccc4ccccc4c3s2)cc1. The third kappa shape index (κ3) is 4.33. The second kappa shape index (κ2) is 9.44. The van der Waals surface area contributed by atoms with Gasteiger partial charge in [0.25, 0.3) is 5.91 Å². The summed E-state index contributed by atoms with van der Waals surface area (Å²) in [7, 11) is -3.60. The number of amides is 1. The lowest BCUT2D eigenvalue weighted by Gasteiger charge is -2.32. The monoisotopic (exact) mass is 493 g/mol. The Kier molecular flexibility index (Phi) is 6.38. The number of thiazole rings is 1. The molecule has 0 aliphatic heterocycles. The Bertz CT molecular complexity index is 1440. The molecular weight excluding hydrogens is 466 g/mol. The van der Waals surface area contributed by atoms with Crippen molar-refractivity contribution in [1.82, 2.24) is 9.29 Å². The number of rotatable bonds is 6. The van der Waals surface area contributed by atoms with Crippen molar-refractivity contribution in [1.29, 1.82) is 0 Å². The van der Waals surface area contributed by atoms with Gasteiger partial charge >= 0.3 is 0 Å². The van der Waals surface area contributed by atoms with Crippen LogP contribution in [0, 0.1) is 0 Å². The molecule has 1 saturated carbocycles. The summed E-state index contributed by atoms with van der Waals surface area (Å²) in [5, 5.41) is 5.61. The Labute approximate surface area is 203 Å². The van der Waals surface area contributed by atoms with Gasteiger partial charge in [-0.2, -0.15) is 4.31 Å². The lowest BCUT2D eigenvalue weighted by molar-refractivity contribution is 0.102. The molecule has 0 radical (unpaired) electrons. The molecule has 1 aliphatic carbocycles. The van der Waals surface area contributed by atoms with Crippen molar-refractivity contribution >= 4 is 53.4 Å². The lowest BCUT2D eigenvalue weighted by atomic mass is 9.95. The van der Waals surface area contributed by atoms with Gasteiger partial charge in [-0.25, -0.2) is 13.4 Å². The van der Waals surface area contributed by atoms with E-state index in [1.807, 2.05) is 37.3 Å². The van der Waals surface area contributed by atoms with Crippen molar-refractivity contribution in [2.45, 2.75) is 50.0 Å². The minimum absolute atomic E-state index is 0.0573. The van der Waals surface area contributed by atoms with E-state index in [0.717, 1.165) is 46.7 Å². The van der Waals surface area contributed by atoms with Crippen LogP contribution >= 0.6 is 11.3 Å². The molecule has 1 heterocycles. The Hall–Kier alpha value is -2.81. The fourth-order valence-electron chi connectivity index (χ4n) is 4.79. The normalized spacial score (nSPS) is 15.2. The first-order valence-corrected chi connectivity index (χ1v) is 13.9. The first kappa shape index (κ1) is 23.0. The topological polar surface area (TPSA) is 79.4 Å². The molecule has 0 saturated heterocycles. The first-order chi connectivity index (χ1) is 16.5. The molecular formula is C26H27N3O3S2. The highest BCUT2D eigenvalue weighted by Crippen LogP contribution is 2.33. The highest BCUT2D eigenvalue weighted by Gasteiger charge is 2.31. The number of hydrogen-bond donors (Lipinski definition) is 1. The van der Waals surface area contributed by atoms with Crippen LogP contribution in [-0.2, 0) is 10.0 Å². The molecule has 8 heteroatoms. The van der Waals surface area contributed by atoms with Crippen molar-refractivity contribution < 1.29 is 13.2 Å². The van der Waals surface area contributed by atoms with Gasteiger partial charge < -0.3 is 0 Å². The summed E-state index contributed by atoms with van der Waals surface area (Å²) in [4.78, 5) is 17.6. The van der Waals surface area contributed by atoms with Crippen LogP contribution in [0.4, 0.5) is 5.13 Å². The zero-order chi connectivity index (χ0) is 23.7. The number of fused-ring (bicyclic) bond motifs is 3. The van der Waals surface area contributed by atoms with Crippen LogP contribution in [0.15, 0.2) is 65.6 Å². The molecule has 3 aromatic carbocycles. The van der Waals surface area contributed by atoms with E-state index in [1.54, 1.807) is 16.4 Å². The average Bonchev–Trinajstić information content (AvgIpc) is 3.28. The summed E-state index contributed by atoms with van der Waals surface area (Å²) < 4.78 is 29.2. The van der Waals surface area contributed by atoms with Gasteiger partial charge in [0.1, 0.15) is 0 Å². The maximum Gasteiger partial charge on any atom is 0.257 e. The third-order valence-electron chi connectivity index (χ3n) is 6.52. The highest BCUT2D eigenvalue weighted by molar-refractivity contribution is 7.89. The molecule has 1 aliphatic rings. The fourth-order valence-corrected chi connectivity index (χ4v) is 7.47. The minimum Gasteiger partial charge on any atom is -0.298 e. The summed E-state index contributed by atoms with van der Waals surface area (Å²) in [6.07, 6.45) is 5.12. The maximum absolute atomic E-state index is 13.3. The zero-order valence-electron chi connectivity index (χ0n) is 19.0. The standard InChI is InChI=1S/C26H27N3O3S2/c1-2-29(20-9-4-3-5-10-20)34(31,32)21-15-12-19(13-16-21)25(30)28-26-27-23-17-14-18-8-6-7-11-22(18)24(23)33-26/h6-8,11-17,20H,2-5,9-10H2,1H3,(H,27,28,30). The quantitative estimate of drug-likeness (QED) is 0.355. The molecule has 1 aromatic heterocycles. The molecule has 6 nitrogen and oxygen atoms in total. The van der Waals surface area contributed by atoms with Crippen LogP contribution in [0.2, 0.25) is 0 Å². The van der Waals surface area contributed by atoms with Gasteiger partial charge in [-0.1, -0.05) is 67.9 Å². The molecule has 1 amide bonds. The van der Waals surface area contributed by atoms with Gasteiger partial charge in [0.2, 0.25) is 10.0 Å². The second-order valence-corrected chi connectivity index (χ2v) is 11.5. The Morgan fingerprint density at radius 2 is 1.76 bits per heavy atom. The van der Waals surface area contributed by atoms with Gasteiger partial charge in [-0.15, -0.1) is 0 Å². The molecule has 1 fully saturated rings. The molecule has 5 rings (SSSR count). The van der Waals surface area contributed by atoms with Gasteiger partial charge in [0, 0.05) is 23.5 Å². The Morgan fingerprint density at radius 1 is 1.03 bits per heavy atom. The molecule has 0 atom stereocenters. The zero-order valence-corrected chi connectivity index (χ0v) is 20.7. The van der Waals surface area contributed by atoms with E-state index in [1.165, 1.54) is 29.9 Å². The highest BCUT2D eigenvalue weighted by atomic mass is 32.2. The number of carbonyl (C=O) groups excluding carboxylic acids is 1. The van der Waals surface area contributed by atoms with Crippen LogP contribution in [0.25, 0.3) is 21.0 Å². The fraction of sp³-hybridized carbons (Fsp3) is 0.308. The number of carbonyl (C=O) groups is 1. The van der Waals surface area contributed by atoms with E-state index in [9.17, 15) is 13.2 Å². The molecule has 0 bridgehead atoms. The largest absolute Gasteiger partial charge is 0.298 e. The summed E-state index contributed by atoms with van der Waals surface area (Å²) in [5.74, 6) is -0.313. The number of nitrogens with one attached hydrogen (secondary N) is 1. The van der Waals surface area contributed by atoms with E-state index < -0.39 is 10.0 Å². The van der Waals surface area contributed by atoms with Crippen LogP contribution < -0.4 is 5.32 Å². The van der Waals surface area contributed by atoms with E-state index in [0.29, 0.717) is 17.2 Å². The van der Waals surface area contributed by atoms with Crippen LogP contribution in [0.1, 0.15) is 49.4 Å². The summed E-state index contributed by atoms with van der Waals surface area (Å²) in [6, 6.07) is 18.3. The maximum atomic E-state index is 13.3. The van der Waals surface area contributed by atoms with Crippen molar-refractivity contribution in [2.75, 3.05) is 11.9 Å².